The molecule has 2 aliphatic rings. The minimum absolute atomic E-state index is 0.113. The van der Waals surface area contributed by atoms with Crippen LogP contribution in [-0.4, -0.2) is 36.3 Å². The van der Waals surface area contributed by atoms with Crippen molar-refractivity contribution in [2.45, 2.75) is 25.4 Å². The molecule has 4 rings (SSSR count). The van der Waals surface area contributed by atoms with Gasteiger partial charge in [0.05, 0.1) is 5.92 Å². The van der Waals surface area contributed by atoms with Gasteiger partial charge in [-0.3, -0.25) is 14.4 Å². The van der Waals surface area contributed by atoms with Crippen LogP contribution in [0.2, 0.25) is 5.02 Å². The fraction of sp³-hybridized carbons (Fsp3) is 0.333. The molecule has 0 aromatic heterocycles. The highest BCUT2D eigenvalue weighted by molar-refractivity contribution is 6.30. The topological polar surface area (TPSA) is 46.6 Å². The van der Waals surface area contributed by atoms with Gasteiger partial charge in [0, 0.05) is 24.2 Å². The third kappa shape index (κ3) is 3.00. The fourth-order valence-electron chi connectivity index (χ4n) is 4.07. The molecule has 27 heavy (non-hydrogen) atoms. The number of nitrogens with zero attached hydrogens (tertiary/aromatic N) is 1. The van der Waals surface area contributed by atoms with E-state index >= 15 is 0 Å². The van der Waals surface area contributed by atoms with Crippen LogP contribution in [0.3, 0.4) is 0 Å². The van der Waals surface area contributed by atoms with Crippen LogP contribution >= 0.6 is 11.6 Å². The number of rotatable bonds is 3. The lowest BCUT2D eigenvalue weighted by molar-refractivity contribution is -0.154. The van der Waals surface area contributed by atoms with Crippen molar-refractivity contribution >= 4 is 23.2 Å². The van der Waals surface area contributed by atoms with Crippen LogP contribution in [0, 0.1) is 11.7 Å². The van der Waals surface area contributed by atoms with Gasteiger partial charge < -0.3 is 0 Å². The van der Waals surface area contributed by atoms with Crippen molar-refractivity contribution in [1.29, 1.82) is 0 Å². The fourth-order valence-corrected chi connectivity index (χ4v) is 4.23. The molecular weight excluding hydrogens is 369 g/mol. The smallest absolute Gasteiger partial charge is 0.179 e. The molecule has 3 atom stereocenters. The lowest BCUT2D eigenvalue weighted by Crippen LogP contribution is -2.25. The van der Waals surface area contributed by atoms with Gasteiger partial charge in [-0.2, -0.15) is 5.06 Å². The minimum atomic E-state index is -0.848. The van der Waals surface area contributed by atoms with Crippen LogP contribution in [0.1, 0.15) is 24.0 Å². The first kappa shape index (κ1) is 18.3. The summed E-state index contributed by atoms with van der Waals surface area (Å²) in [6, 6.07) is 9.91. The number of carbonyl (C=O) groups excluding carboxylic acids is 2. The van der Waals surface area contributed by atoms with Crippen molar-refractivity contribution in [3.63, 3.8) is 0 Å². The molecule has 1 saturated heterocycles. The lowest BCUT2D eigenvalue weighted by Gasteiger charge is -2.17. The molecule has 0 bridgehead atoms. The summed E-state index contributed by atoms with van der Waals surface area (Å²) >= 11 is 5.84. The van der Waals surface area contributed by atoms with Crippen molar-refractivity contribution in [2.24, 2.45) is 5.92 Å². The number of benzene rings is 2. The summed E-state index contributed by atoms with van der Waals surface area (Å²) in [7, 11) is 1.72. The monoisotopic (exact) mass is 387 g/mol. The second-order valence-electron chi connectivity index (χ2n) is 7.07. The molecule has 2 aromatic carbocycles. The molecular formula is C21H19ClFNO3. The quantitative estimate of drug-likeness (QED) is 0.751. The number of aryl methyl sites for hydroxylation is 1. The Morgan fingerprint density at radius 3 is 2.63 bits per heavy atom. The van der Waals surface area contributed by atoms with E-state index in [0.29, 0.717) is 34.7 Å². The molecule has 4 nitrogen and oxygen atoms in total. The van der Waals surface area contributed by atoms with Crippen LogP contribution < -0.4 is 0 Å². The van der Waals surface area contributed by atoms with Crippen molar-refractivity contribution in [1.82, 2.24) is 5.06 Å². The maximum Gasteiger partial charge on any atom is 0.179 e. The van der Waals surface area contributed by atoms with Crippen molar-refractivity contribution in [3.8, 4) is 11.1 Å². The molecule has 1 unspecified atom stereocenters. The van der Waals surface area contributed by atoms with Gasteiger partial charge in [0.25, 0.3) is 0 Å². The molecule has 6 heteroatoms. The molecule has 0 radical (unpaired) electrons. The summed E-state index contributed by atoms with van der Waals surface area (Å²) in [6.45, 7) is 2.38. The van der Waals surface area contributed by atoms with E-state index in [1.165, 1.54) is 6.07 Å². The van der Waals surface area contributed by atoms with E-state index in [0.717, 1.165) is 5.56 Å². The van der Waals surface area contributed by atoms with Gasteiger partial charge in [-0.05, 0) is 47.4 Å². The zero-order valence-corrected chi connectivity index (χ0v) is 15.8. The summed E-state index contributed by atoms with van der Waals surface area (Å²) in [6.07, 6.45) is -0.0422. The van der Waals surface area contributed by atoms with Crippen LogP contribution in [0.4, 0.5) is 4.39 Å². The summed E-state index contributed by atoms with van der Waals surface area (Å²) in [5.41, 5.74) is 2.57. The van der Waals surface area contributed by atoms with Gasteiger partial charge >= 0.3 is 0 Å². The van der Waals surface area contributed by atoms with Gasteiger partial charge in [-0.15, -0.1) is 0 Å². The standard InChI is InChI=1S/C21H19ClFNO3/c1-3-11-4-5-12(14-7-6-13(22)9-17(14)23)8-15(11)18-19(25)16-10-24(2)27-21(16)20(18)26/h4-9,16,18,21H,3,10H2,1-2H3/t16-,18?,21-/m1/s1. The van der Waals surface area contributed by atoms with E-state index in [1.807, 2.05) is 19.1 Å². The third-order valence-corrected chi connectivity index (χ3v) is 5.64. The molecule has 1 heterocycles. The number of halogens is 2. The molecule has 140 valence electrons. The lowest BCUT2D eigenvalue weighted by atomic mass is 9.87. The summed E-state index contributed by atoms with van der Waals surface area (Å²) < 4.78 is 14.4. The first-order chi connectivity index (χ1) is 12.9. The average molecular weight is 388 g/mol. The van der Waals surface area contributed by atoms with Crippen LogP contribution in [0.25, 0.3) is 11.1 Å². The highest BCUT2D eigenvalue weighted by Crippen LogP contribution is 2.40. The molecule has 0 spiro atoms. The Morgan fingerprint density at radius 1 is 1.19 bits per heavy atom. The van der Waals surface area contributed by atoms with Crippen LogP contribution in [-0.2, 0) is 20.8 Å². The molecule has 1 aliphatic heterocycles. The normalized spacial score (nSPS) is 25.3. The summed E-state index contributed by atoms with van der Waals surface area (Å²) in [5, 5.41) is 1.86. The molecule has 0 N–H and O–H groups in total. The average Bonchev–Trinajstić information content (AvgIpc) is 3.12. The third-order valence-electron chi connectivity index (χ3n) is 5.41. The molecule has 2 aromatic rings. The molecule has 1 aliphatic carbocycles. The highest BCUT2D eigenvalue weighted by Gasteiger charge is 2.55. The Hall–Kier alpha value is -2.08. The van der Waals surface area contributed by atoms with E-state index in [4.69, 9.17) is 16.4 Å². The van der Waals surface area contributed by atoms with Crippen LogP contribution in [0.5, 0.6) is 0 Å². The van der Waals surface area contributed by atoms with E-state index in [-0.39, 0.29) is 11.6 Å². The van der Waals surface area contributed by atoms with E-state index < -0.39 is 23.8 Å². The van der Waals surface area contributed by atoms with Crippen LogP contribution in [0.15, 0.2) is 36.4 Å². The largest absolute Gasteiger partial charge is 0.298 e. The zero-order chi connectivity index (χ0) is 19.3. The maximum absolute atomic E-state index is 14.4. The predicted molar refractivity (Wildman–Crippen MR) is 100.0 cm³/mol. The minimum Gasteiger partial charge on any atom is -0.298 e. The SMILES string of the molecule is CCc1ccc(-c2ccc(Cl)cc2F)cc1C1C(=O)[C@H]2CN(C)O[C@H]2C1=O. The second-order valence-corrected chi connectivity index (χ2v) is 7.51. The summed E-state index contributed by atoms with van der Waals surface area (Å²) in [5.74, 6) is -2.05. The van der Waals surface area contributed by atoms with Gasteiger partial charge in [0.2, 0.25) is 0 Å². The number of carbonyl (C=O) groups is 2. The first-order valence-electron chi connectivity index (χ1n) is 8.94. The number of fused-ring (bicyclic) bond motifs is 1. The number of hydrogen-bond donors (Lipinski definition) is 0. The van der Waals surface area contributed by atoms with E-state index in [9.17, 15) is 14.0 Å². The van der Waals surface area contributed by atoms with Gasteiger partial charge in [-0.25, -0.2) is 4.39 Å². The zero-order valence-electron chi connectivity index (χ0n) is 15.0. The number of ketones is 2. The Morgan fingerprint density at radius 2 is 1.96 bits per heavy atom. The Balaban J connectivity index is 1.79. The van der Waals surface area contributed by atoms with Crippen molar-refractivity contribution < 1.29 is 18.8 Å². The maximum atomic E-state index is 14.4. The second kappa shape index (κ2) is 6.82. The van der Waals surface area contributed by atoms with Gasteiger partial charge in [0.1, 0.15) is 17.8 Å². The Bertz CT molecular complexity index is 921. The molecule has 0 amide bonds. The van der Waals surface area contributed by atoms with Crippen molar-refractivity contribution in [3.05, 3.63) is 58.4 Å². The highest BCUT2D eigenvalue weighted by atomic mass is 35.5. The van der Waals surface area contributed by atoms with Gasteiger partial charge in [-0.1, -0.05) is 30.7 Å². The first-order valence-corrected chi connectivity index (χ1v) is 9.32. The number of hydroxylamine groups is 2. The molecule has 1 saturated carbocycles. The Labute approximate surface area is 161 Å². The predicted octanol–water partition coefficient (Wildman–Crippen LogP) is 3.81. The Kier molecular flexibility index (Phi) is 4.62. The number of Topliss-reactive ketones (excluding diaryl/α,β-unsaturated/α-hetero) is 2. The number of hydrogen-bond acceptors (Lipinski definition) is 4. The van der Waals surface area contributed by atoms with E-state index in [2.05, 4.69) is 0 Å². The van der Waals surface area contributed by atoms with Crippen molar-refractivity contribution in [2.75, 3.05) is 13.6 Å². The molecule has 2 fully saturated rings. The van der Waals surface area contributed by atoms with E-state index in [1.54, 1.807) is 30.3 Å². The van der Waals surface area contributed by atoms with Gasteiger partial charge in [0.15, 0.2) is 11.6 Å². The summed E-state index contributed by atoms with van der Waals surface area (Å²) in [4.78, 5) is 31.4.